The normalized spacial score (nSPS) is 14.7. The molecule has 0 bridgehead atoms. The summed E-state index contributed by atoms with van der Waals surface area (Å²) < 4.78 is 0. The first kappa shape index (κ1) is 16.6. The van der Waals surface area contributed by atoms with Crippen LogP contribution in [0.1, 0.15) is 52.0 Å². The van der Waals surface area contributed by atoms with Crippen molar-refractivity contribution in [2.75, 3.05) is 18.0 Å². The molecule has 1 N–H and O–H groups in total. The van der Waals surface area contributed by atoms with Crippen molar-refractivity contribution in [3.8, 4) is 0 Å². The second kappa shape index (κ2) is 8.05. The van der Waals surface area contributed by atoms with Crippen LogP contribution < -0.4 is 10.2 Å². The third-order valence-corrected chi connectivity index (χ3v) is 4.19. The molecule has 0 amide bonds. The van der Waals surface area contributed by atoms with Gasteiger partial charge in [-0.25, -0.2) is 0 Å². The van der Waals surface area contributed by atoms with Gasteiger partial charge in [0.2, 0.25) is 0 Å². The van der Waals surface area contributed by atoms with Gasteiger partial charge in [0.15, 0.2) is 0 Å². The Bertz CT molecular complexity index is 441. The van der Waals surface area contributed by atoms with Gasteiger partial charge in [-0.1, -0.05) is 38.8 Å². The minimum absolute atomic E-state index is 0.673. The Labute approximate surface area is 134 Å². The van der Waals surface area contributed by atoms with E-state index in [-0.39, 0.29) is 0 Å². The van der Waals surface area contributed by atoms with Crippen LogP contribution in [0.2, 0.25) is 5.02 Å². The molecule has 1 fully saturated rings. The van der Waals surface area contributed by atoms with E-state index in [9.17, 15) is 0 Å². The molecule has 0 heterocycles. The van der Waals surface area contributed by atoms with E-state index in [1.165, 1.54) is 43.5 Å². The number of nitrogens with one attached hydrogen (secondary N) is 1. The number of rotatable bonds is 9. The highest BCUT2D eigenvalue weighted by Gasteiger charge is 2.29. The van der Waals surface area contributed by atoms with Gasteiger partial charge in [0.1, 0.15) is 0 Å². The molecule has 2 nitrogen and oxygen atoms in total. The smallest absolute Gasteiger partial charge is 0.0415 e. The summed E-state index contributed by atoms with van der Waals surface area (Å²) in [6.07, 6.45) is 5.19. The van der Waals surface area contributed by atoms with Crippen LogP contribution in [0.15, 0.2) is 18.2 Å². The van der Waals surface area contributed by atoms with Crippen molar-refractivity contribution in [2.24, 2.45) is 5.92 Å². The van der Waals surface area contributed by atoms with Gasteiger partial charge in [-0.15, -0.1) is 0 Å². The number of nitrogens with zero attached hydrogens (tertiary/aromatic N) is 1. The molecule has 3 heteroatoms. The predicted molar refractivity (Wildman–Crippen MR) is 93.3 cm³/mol. The molecule has 118 valence electrons. The zero-order chi connectivity index (χ0) is 15.2. The number of hydrogen-bond donors (Lipinski definition) is 1. The van der Waals surface area contributed by atoms with Gasteiger partial charge < -0.3 is 10.2 Å². The van der Waals surface area contributed by atoms with E-state index in [1.54, 1.807) is 0 Å². The van der Waals surface area contributed by atoms with E-state index in [0.29, 0.717) is 5.92 Å². The molecule has 1 aliphatic rings. The van der Waals surface area contributed by atoms with Gasteiger partial charge in [0.05, 0.1) is 0 Å². The molecule has 0 aliphatic heterocycles. The quantitative estimate of drug-likeness (QED) is 0.701. The summed E-state index contributed by atoms with van der Waals surface area (Å²) in [4.78, 5) is 2.60. The maximum atomic E-state index is 6.22. The fourth-order valence-corrected chi connectivity index (χ4v) is 2.88. The van der Waals surface area contributed by atoms with Crippen molar-refractivity contribution < 1.29 is 0 Å². The van der Waals surface area contributed by atoms with Crippen LogP contribution in [0.25, 0.3) is 0 Å². The van der Waals surface area contributed by atoms with E-state index >= 15 is 0 Å². The third kappa shape index (κ3) is 5.19. The number of anilines is 1. The lowest BCUT2D eigenvalue weighted by Crippen LogP contribution is -2.29. The molecule has 0 saturated heterocycles. The fourth-order valence-electron chi connectivity index (χ4n) is 2.69. The molecule has 21 heavy (non-hydrogen) atoms. The molecule has 0 aromatic heterocycles. The summed E-state index contributed by atoms with van der Waals surface area (Å²) in [5.74, 6) is 0.673. The van der Waals surface area contributed by atoms with Gasteiger partial charge in [-0.2, -0.15) is 0 Å². The molecule has 0 spiro atoms. The lowest BCUT2D eigenvalue weighted by Gasteiger charge is -2.27. The molecular formula is C18H29ClN2. The fraction of sp³-hybridized carbons (Fsp3) is 0.667. The average molecular weight is 309 g/mol. The number of benzene rings is 1. The highest BCUT2D eigenvalue weighted by atomic mass is 35.5. The summed E-state index contributed by atoms with van der Waals surface area (Å²) in [6.45, 7) is 9.86. The molecule has 1 aromatic rings. The Kier molecular flexibility index (Phi) is 6.38. The third-order valence-electron chi connectivity index (χ3n) is 3.96. The molecule has 1 aliphatic carbocycles. The minimum Gasteiger partial charge on any atom is -0.368 e. The van der Waals surface area contributed by atoms with Crippen LogP contribution in [0.5, 0.6) is 0 Å². The Hall–Kier alpha value is -0.730. The van der Waals surface area contributed by atoms with E-state index in [4.69, 9.17) is 11.6 Å². The van der Waals surface area contributed by atoms with Gasteiger partial charge in [0, 0.05) is 29.8 Å². The number of unbranched alkanes of at least 4 members (excludes halogenated alkanes) is 1. The van der Waals surface area contributed by atoms with E-state index in [1.807, 2.05) is 6.07 Å². The van der Waals surface area contributed by atoms with Gasteiger partial charge in [-0.3, -0.25) is 0 Å². The van der Waals surface area contributed by atoms with Crippen molar-refractivity contribution in [2.45, 2.75) is 59.0 Å². The summed E-state index contributed by atoms with van der Waals surface area (Å²) in [6, 6.07) is 7.12. The minimum atomic E-state index is 0.673. The molecule has 2 rings (SSSR count). The zero-order valence-electron chi connectivity index (χ0n) is 13.7. The predicted octanol–water partition coefficient (Wildman–Crippen LogP) is 4.85. The van der Waals surface area contributed by atoms with Crippen LogP contribution in [0, 0.1) is 5.92 Å². The first-order valence-corrected chi connectivity index (χ1v) is 8.75. The molecule has 0 unspecified atom stereocenters. The maximum Gasteiger partial charge on any atom is 0.0415 e. The maximum absolute atomic E-state index is 6.22. The van der Waals surface area contributed by atoms with Crippen molar-refractivity contribution in [1.82, 2.24) is 5.32 Å². The average Bonchev–Trinajstić information content (AvgIpc) is 3.25. The summed E-state index contributed by atoms with van der Waals surface area (Å²) in [5, 5.41) is 4.39. The number of halogens is 1. The van der Waals surface area contributed by atoms with Crippen molar-refractivity contribution >= 4 is 17.3 Å². The summed E-state index contributed by atoms with van der Waals surface area (Å²) in [7, 11) is 0. The Morgan fingerprint density at radius 2 is 2.10 bits per heavy atom. The van der Waals surface area contributed by atoms with E-state index < -0.39 is 0 Å². The first-order chi connectivity index (χ1) is 10.1. The Morgan fingerprint density at radius 3 is 2.71 bits per heavy atom. The summed E-state index contributed by atoms with van der Waals surface area (Å²) in [5.41, 5.74) is 2.72. The van der Waals surface area contributed by atoms with Crippen molar-refractivity contribution in [3.63, 3.8) is 0 Å². The van der Waals surface area contributed by atoms with Crippen LogP contribution in [-0.2, 0) is 6.54 Å². The topological polar surface area (TPSA) is 15.3 Å². The molecule has 0 radical (unpaired) electrons. The Balaban J connectivity index is 2.11. The second-order valence-corrected chi connectivity index (χ2v) is 7.01. The van der Waals surface area contributed by atoms with E-state index in [0.717, 1.165) is 24.2 Å². The second-order valence-electron chi connectivity index (χ2n) is 6.58. The van der Waals surface area contributed by atoms with Crippen molar-refractivity contribution in [3.05, 3.63) is 28.8 Å². The van der Waals surface area contributed by atoms with Gasteiger partial charge in [-0.05, 0) is 55.5 Å². The zero-order valence-corrected chi connectivity index (χ0v) is 14.4. The van der Waals surface area contributed by atoms with Crippen LogP contribution in [0.4, 0.5) is 5.69 Å². The van der Waals surface area contributed by atoms with E-state index in [2.05, 4.69) is 43.1 Å². The molecule has 1 saturated carbocycles. The Morgan fingerprint density at radius 1 is 1.33 bits per heavy atom. The molecule has 0 atom stereocenters. The van der Waals surface area contributed by atoms with Gasteiger partial charge >= 0.3 is 0 Å². The highest BCUT2D eigenvalue weighted by molar-refractivity contribution is 6.30. The summed E-state index contributed by atoms with van der Waals surface area (Å²) >= 11 is 6.22. The molecule has 1 aromatic carbocycles. The monoisotopic (exact) mass is 308 g/mol. The first-order valence-electron chi connectivity index (χ1n) is 8.37. The lowest BCUT2D eigenvalue weighted by molar-refractivity contribution is 0.551. The van der Waals surface area contributed by atoms with Crippen LogP contribution in [-0.4, -0.2) is 19.1 Å². The van der Waals surface area contributed by atoms with Gasteiger partial charge in [0.25, 0.3) is 0 Å². The van der Waals surface area contributed by atoms with Crippen LogP contribution in [0.3, 0.4) is 0 Å². The molecular weight excluding hydrogens is 280 g/mol. The highest BCUT2D eigenvalue weighted by Crippen LogP contribution is 2.35. The standard InChI is InChI=1S/C18H29ClN2/c1-4-5-10-21(17-7-8-17)18-9-6-16(19)11-15(18)13-20-12-14(2)3/h6,9,11,14,17,20H,4-5,7-8,10,12-13H2,1-3H3. The lowest BCUT2D eigenvalue weighted by atomic mass is 10.1. The van der Waals surface area contributed by atoms with Crippen LogP contribution >= 0.6 is 11.6 Å². The number of hydrogen-bond acceptors (Lipinski definition) is 2. The van der Waals surface area contributed by atoms with Crippen molar-refractivity contribution in [1.29, 1.82) is 0 Å². The SMILES string of the molecule is CCCCN(c1ccc(Cl)cc1CNCC(C)C)C1CC1. The largest absolute Gasteiger partial charge is 0.368 e.